The summed E-state index contributed by atoms with van der Waals surface area (Å²) in [6.07, 6.45) is 10.1. The molecular weight excluding hydrogens is 212 g/mol. The molecule has 0 spiro atoms. The van der Waals surface area contributed by atoms with E-state index in [4.69, 9.17) is 0 Å². The van der Waals surface area contributed by atoms with E-state index in [1.807, 2.05) is 17.9 Å². The molecule has 0 aromatic carbocycles. The molecule has 0 amide bonds. The van der Waals surface area contributed by atoms with Crippen molar-refractivity contribution >= 4 is 0 Å². The molecule has 1 aromatic heterocycles. The van der Waals surface area contributed by atoms with Gasteiger partial charge in [0.05, 0.1) is 11.8 Å². The summed E-state index contributed by atoms with van der Waals surface area (Å²) in [4.78, 5) is 0. The third-order valence-electron chi connectivity index (χ3n) is 3.94. The summed E-state index contributed by atoms with van der Waals surface area (Å²) >= 11 is 0. The maximum atomic E-state index is 10.5. The summed E-state index contributed by atoms with van der Waals surface area (Å²) in [5, 5.41) is 15.0. The van der Waals surface area contributed by atoms with E-state index in [1.54, 1.807) is 0 Å². The van der Waals surface area contributed by atoms with Crippen LogP contribution in [0, 0.1) is 5.92 Å². The second kappa shape index (κ2) is 5.67. The summed E-state index contributed by atoms with van der Waals surface area (Å²) in [5.74, 6) is 0.437. The lowest BCUT2D eigenvalue weighted by atomic mass is 9.89. The molecule has 0 radical (unpaired) electrons. The van der Waals surface area contributed by atoms with Gasteiger partial charge in [-0.25, -0.2) is 0 Å². The van der Waals surface area contributed by atoms with Crippen LogP contribution < -0.4 is 0 Å². The van der Waals surface area contributed by atoms with Gasteiger partial charge in [0.15, 0.2) is 0 Å². The maximum Gasteiger partial charge on any atom is 0.0851 e. The topological polar surface area (TPSA) is 38.0 Å². The average molecular weight is 236 g/mol. The zero-order valence-corrected chi connectivity index (χ0v) is 11.0. The van der Waals surface area contributed by atoms with Gasteiger partial charge in [0.2, 0.25) is 0 Å². The van der Waals surface area contributed by atoms with E-state index in [0.717, 1.165) is 17.7 Å². The van der Waals surface area contributed by atoms with Crippen LogP contribution in [-0.4, -0.2) is 14.9 Å². The van der Waals surface area contributed by atoms with Crippen molar-refractivity contribution in [1.29, 1.82) is 0 Å². The number of hydrogen-bond donors (Lipinski definition) is 1. The molecule has 1 atom stereocenters. The predicted molar refractivity (Wildman–Crippen MR) is 68.7 cm³/mol. The molecule has 0 aliphatic heterocycles. The van der Waals surface area contributed by atoms with Gasteiger partial charge in [0.1, 0.15) is 0 Å². The molecule has 2 rings (SSSR count). The quantitative estimate of drug-likeness (QED) is 0.819. The maximum absolute atomic E-state index is 10.5. The van der Waals surface area contributed by atoms with E-state index >= 15 is 0 Å². The summed E-state index contributed by atoms with van der Waals surface area (Å²) in [7, 11) is 1.93. The third-order valence-corrected chi connectivity index (χ3v) is 3.94. The fourth-order valence-electron chi connectivity index (χ4n) is 2.96. The van der Waals surface area contributed by atoms with Gasteiger partial charge >= 0.3 is 0 Å². The lowest BCUT2D eigenvalue weighted by Crippen LogP contribution is -2.13. The number of aliphatic hydroxyl groups is 1. The SMILES string of the molecule is CCc1nn(C)cc1C(O)C1CCCCCC1. The van der Waals surface area contributed by atoms with Crippen LogP contribution in [0.4, 0.5) is 0 Å². The Hall–Kier alpha value is -0.830. The van der Waals surface area contributed by atoms with Crippen molar-refractivity contribution in [3.05, 3.63) is 17.5 Å². The minimum atomic E-state index is -0.309. The Morgan fingerprint density at radius 3 is 2.59 bits per heavy atom. The molecule has 0 saturated heterocycles. The third kappa shape index (κ3) is 2.89. The molecule has 0 bridgehead atoms. The van der Waals surface area contributed by atoms with Crippen LogP contribution in [0.3, 0.4) is 0 Å². The van der Waals surface area contributed by atoms with Gasteiger partial charge in [-0.1, -0.05) is 32.6 Å². The molecule has 1 N–H and O–H groups in total. The van der Waals surface area contributed by atoms with Crippen molar-refractivity contribution in [2.45, 2.75) is 58.0 Å². The number of hydrogen-bond acceptors (Lipinski definition) is 2. The highest BCUT2D eigenvalue weighted by molar-refractivity contribution is 5.20. The zero-order valence-electron chi connectivity index (χ0n) is 11.0. The van der Waals surface area contributed by atoms with Gasteiger partial charge in [0, 0.05) is 18.8 Å². The second-order valence-corrected chi connectivity index (χ2v) is 5.25. The first-order valence-corrected chi connectivity index (χ1v) is 6.93. The van der Waals surface area contributed by atoms with Gasteiger partial charge in [-0.05, 0) is 25.2 Å². The molecule has 1 heterocycles. The van der Waals surface area contributed by atoms with Crippen LogP contribution in [0.15, 0.2) is 6.20 Å². The van der Waals surface area contributed by atoms with E-state index in [0.29, 0.717) is 5.92 Å². The molecule has 1 unspecified atom stereocenters. The number of aryl methyl sites for hydroxylation is 2. The number of rotatable bonds is 3. The number of aromatic nitrogens is 2. The minimum absolute atomic E-state index is 0.309. The van der Waals surface area contributed by atoms with Crippen LogP contribution in [-0.2, 0) is 13.5 Å². The van der Waals surface area contributed by atoms with E-state index in [9.17, 15) is 5.11 Å². The van der Waals surface area contributed by atoms with Gasteiger partial charge in [0.25, 0.3) is 0 Å². The zero-order chi connectivity index (χ0) is 12.3. The van der Waals surface area contributed by atoms with Gasteiger partial charge in [-0.3, -0.25) is 4.68 Å². The summed E-state index contributed by atoms with van der Waals surface area (Å²) in [5.41, 5.74) is 2.12. The number of nitrogens with zero attached hydrogens (tertiary/aromatic N) is 2. The van der Waals surface area contributed by atoms with Crippen molar-refractivity contribution in [2.75, 3.05) is 0 Å². The Labute approximate surface area is 104 Å². The van der Waals surface area contributed by atoms with Crippen molar-refractivity contribution in [2.24, 2.45) is 13.0 Å². The van der Waals surface area contributed by atoms with E-state index in [1.165, 1.54) is 38.5 Å². The fraction of sp³-hybridized carbons (Fsp3) is 0.786. The molecule has 3 heteroatoms. The highest BCUT2D eigenvalue weighted by Crippen LogP contribution is 2.34. The van der Waals surface area contributed by atoms with Gasteiger partial charge in [-0.2, -0.15) is 5.10 Å². The Morgan fingerprint density at radius 1 is 1.35 bits per heavy atom. The molecule has 1 saturated carbocycles. The lowest BCUT2D eigenvalue weighted by Gasteiger charge is -2.21. The molecule has 1 aliphatic carbocycles. The first-order valence-electron chi connectivity index (χ1n) is 6.93. The first-order chi connectivity index (χ1) is 8.22. The van der Waals surface area contributed by atoms with Crippen molar-refractivity contribution in [1.82, 2.24) is 9.78 Å². The number of aliphatic hydroxyl groups excluding tert-OH is 1. The summed E-state index contributed by atoms with van der Waals surface area (Å²) < 4.78 is 1.83. The standard InChI is InChI=1S/C14H24N2O/c1-3-13-12(10-16(2)15-13)14(17)11-8-6-4-5-7-9-11/h10-11,14,17H,3-9H2,1-2H3. The molecular formula is C14H24N2O. The van der Waals surface area contributed by atoms with Crippen molar-refractivity contribution in [3.8, 4) is 0 Å². The Balaban J connectivity index is 2.13. The molecule has 17 heavy (non-hydrogen) atoms. The molecule has 96 valence electrons. The minimum Gasteiger partial charge on any atom is -0.388 e. The van der Waals surface area contributed by atoms with E-state index in [2.05, 4.69) is 12.0 Å². The fourth-order valence-corrected chi connectivity index (χ4v) is 2.96. The smallest absolute Gasteiger partial charge is 0.0851 e. The predicted octanol–water partition coefficient (Wildman–Crippen LogP) is 2.99. The van der Waals surface area contributed by atoms with Crippen LogP contribution in [0.5, 0.6) is 0 Å². The van der Waals surface area contributed by atoms with Crippen molar-refractivity contribution in [3.63, 3.8) is 0 Å². The van der Waals surface area contributed by atoms with Gasteiger partial charge < -0.3 is 5.11 Å². The highest BCUT2D eigenvalue weighted by Gasteiger charge is 2.25. The van der Waals surface area contributed by atoms with Crippen LogP contribution in [0.1, 0.15) is 62.8 Å². The Morgan fingerprint density at radius 2 is 2.00 bits per heavy atom. The van der Waals surface area contributed by atoms with Crippen LogP contribution in [0.25, 0.3) is 0 Å². The molecule has 1 aromatic rings. The van der Waals surface area contributed by atoms with Crippen LogP contribution in [0.2, 0.25) is 0 Å². The highest BCUT2D eigenvalue weighted by atomic mass is 16.3. The van der Waals surface area contributed by atoms with Gasteiger partial charge in [-0.15, -0.1) is 0 Å². The largest absolute Gasteiger partial charge is 0.388 e. The van der Waals surface area contributed by atoms with E-state index in [-0.39, 0.29) is 6.10 Å². The van der Waals surface area contributed by atoms with Crippen molar-refractivity contribution < 1.29 is 5.11 Å². The van der Waals surface area contributed by atoms with Crippen LogP contribution >= 0.6 is 0 Å². The second-order valence-electron chi connectivity index (χ2n) is 5.25. The summed E-state index contributed by atoms with van der Waals surface area (Å²) in [6.45, 7) is 2.10. The lowest BCUT2D eigenvalue weighted by molar-refractivity contribution is 0.0979. The molecule has 1 fully saturated rings. The first kappa shape index (κ1) is 12.6. The molecule has 3 nitrogen and oxygen atoms in total. The normalized spacial score (nSPS) is 20.2. The Bertz CT molecular complexity index is 351. The average Bonchev–Trinajstić information content (AvgIpc) is 2.55. The Kier molecular flexibility index (Phi) is 4.21. The summed E-state index contributed by atoms with van der Waals surface area (Å²) in [6, 6.07) is 0. The van der Waals surface area contributed by atoms with E-state index < -0.39 is 0 Å². The molecule has 1 aliphatic rings. The monoisotopic (exact) mass is 236 g/mol.